The number of hydrogen-bond acceptors (Lipinski definition) is 2. The maximum absolute atomic E-state index is 3.62. The number of aryl methyl sites for hydroxylation is 1. The molecule has 1 aromatic rings. The summed E-state index contributed by atoms with van der Waals surface area (Å²) in [4.78, 5) is 0. The molecule has 1 nitrogen and oxygen atoms in total. The van der Waals surface area contributed by atoms with Gasteiger partial charge in [-0.25, -0.2) is 0 Å². The van der Waals surface area contributed by atoms with Crippen LogP contribution in [-0.2, 0) is 6.42 Å². The number of hydrogen-bond donors (Lipinski definition) is 1. The van der Waals surface area contributed by atoms with Crippen LogP contribution in [0.5, 0.6) is 0 Å². The van der Waals surface area contributed by atoms with E-state index in [1.807, 2.05) is 0 Å². The quantitative estimate of drug-likeness (QED) is 0.830. The summed E-state index contributed by atoms with van der Waals surface area (Å²) in [6.07, 6.45) is 3.94. The molecule has 1 saturated heterocycles. The van der Waals surface area contributed by atoms with Crippen molar-refractivity contribution in [2.75, 3.05) is 18.1 Å². The van der Waals surface area contributed by atoms with Gasteiger partial charge in [-0.05, 0) is 43.0 Å². The minimum Gasteiger partial charge on any atom is -0.313 e. The second-order valence-electron chi connectivity index (χ2n) is 4.84. The maximum Gasteiger partial charge on any atom is 0.0194 e. The van der Waals surface area contributed by atoms with Crippen LogP contribution in [0.2, 0.25) is 0 Å². The molecule has 0 saturated carbocycles. The molecule has 1 aliphatic rings. The molecule has 1 N–H and O–H groups in total. The van der Waals surface area contributed by atoms with E-state index in [1.54, 1.807) is 0 Å². The molecule has 2 rings (SSSR count). The van der Waals surface area contributed by atoms with Crippen LogP contribution in [0.3, 0.4) is 0 Å². The highest BCUT2D eigenvalue weighted by molar-refractivity contribution is 7.99. The lowest BCUT2D eigenvalue weighted by Gasteiger charge is -2.19. The van der Waals surface area contributed by atoms with Crippen LogP contribution in [0.1, 0.15) is 25.3 Å². The molecular weight excluding hydrogens is 226 g/mol. The molecule has 2 heteroatoms. The molecule has 0 radical (unpaired) electrons. The summed E-state index contributed by atoms with van der Waals surface area (Å²) in [7, 11) is 0. The number of benzene rings is 1. The smallest absolute Gasteiger partial charge is 0.0194 e. The molecule has 2 unspecified atom stereocenters. The van der Waals surface area contributed by atoms with Crippen molar-refractivity contribution in [3.05, 3.63) is 35.9 Å². The van der Waals surface area contributed by atoms with Crippen LogP contribution in [0.4, 0.5) is 0 Å². The van der Waals surface area contributed by atoms with Gasteiger partial charge < -0.3 is 5.32 Å². The van der Waals surface area contributed by atoms with Gasteiger partial charge in [-0.15, -0.1) is 0 Å². The molecule has 1 heterocycles. The monoisotopic (exact) mass is 249 g/mol. The summed E-state index contributed by atoms with van der Waals surface area (Å²) in [5.41, 5.74) is 1.48. The van der Waals surface area contributed by atoms with Crippen LogP contribution in [0.15, 0.2) is 30.3 Å². The van der Waals surface area contributed by atoms with Crippen molar-refractivity contribution in [3.8, 4) is 0 Å². The van der Waals surface area contributed by atoms with E-state index in [1.165, 1.54) is 36.3 Å². The highest BCUT2D eigenvalue weighted by Crippen LogP contribution is 2.28. The van der Waals surface area contributed by atoms with E-state index in [0.717, 1.165) is 18.5 Å². The van der Waals surface area contributed by atoms with Crippen molar-refractivity contribution in [3.63, 3.8) is 0 Å². The van der Waals surface area contributed by atoms with Crippen molar-refractivity contribution in [1.82, 2.24) is 5.32 Å². The van der Waals surface area contributed by atoms with Crippen molar-refractivity contribution in [2.45, 2.75) is 32.2 Å². The van der Waals surface area contributed by atoms with E-state index in [4.69, 9.17) is 0 Å². The first-order chi connectivity index (χ1) is 8.40. The summed E-state index contributed by atoms with van der Waals surface area (Å²) in [6, 6.07) is 11.6. The van der Waals surface area contributed by atoms with Crippen LogP contribution < -0.4 is 5.32 Å². The minimum atomic E-state index is 0.765. The fourth-order valence-electron chi connectivity index (χ4n) is 2.58. The van der Waals surface area contributed by atoms with Crippen LogP contribution in [-0.4, -0.2) is 24.1 Å². The highest BCUT2D eigenvalue weighted by atomic mass is 32.2. The fourth-order valence-corrected chi connectivity index (χ4v) is 4.07. The van der Waals surface area contributed by atoms with Crippen LogP contribution >= 0.6 is 11.8 Å². The zero-order valence-electron chi connectivity index (χ0n) is 10.7. The van der Waals surface area contributed by atoms with Gasteiger partial charge >= 0.3 is 0 Å². The number of rotatable bonds is 6. The molecule has 0 amide bonds. The van der Waals surface area contributed by atoms with Crippen molar-refractivity contribution < 1.29 is 0 Å². The Morgan fingerprint density at radius 2 is 2.06 bits per heavy atom. The Kier molecular flexibility index (Phi) is 5.40. The molecule has 0 spiro atoms. The fraction of sp³-hybridized carbons (Fsp3) is 0.600. The van der Waals surface area contributed by atoms with Gasteiger partial charge in [0.15, 0.2) is 0 Å². The van der Waals surface area contributed by atoms with Gasteiger partial charge in [0.1, 0.15) is 0 Å². The largest absolute Gasteiger partial charge is 0.313 e. The predicted molar refractivity (Wildman–Crippen MR) is 77.7 cm³/mol. The van der Waals surface area contributed by atoms with Gasteiger partial charge in [0.25, 0.3) is 0 Å². The van der Waals surface area contributed by atoms with Crippen molar-refractivity contribution in [2.24, 2.45) is 5.92 Å². The summed E-state index contributed by atoms with van der Waals surface area (Å²) in [5.74, 6) is 3.56. The molecule has 1 fully saturated rings. The lowest BCUT2D eigenvalue weighted by atomic mass is 9.95. The summed E-state index contributed by atoms with van der Waals surface area (Å²) in [6.45, 7) is 3.32. The Balaban J connectivity index is 1.71. The van der Waals surface area contributed by atoms with E-state index in [-0.39, 0.29) is 0 Å². The molecule has 1 aliphatic heterocycles. The van der Waals surface area contributed by atoms with Gasteiger partial charge in [0.05, 0.1) is 0 Å². The summed E-state index contributed by atoms with van der Waals surface area (Å²) < 4.78 is 0. The van der Waals surface area contributed by atoms with Crippen LogP contribution in [0.25, 0.3) is 0 Å². The zero-order valence-corrected chi connectivity index (χ0v) is 11.5. The Hall–Kier alpha value is -0.470. The third-order valence-electron chi connectivity index (χ3n) is 3.55. The summed E-state index contributed by atoms with van der Waals surface area (Å²) in [5, 5.41) is 3.62. The molecular formula is C15H23NS. The maximum atomic E-state index is 3.62. The van der Waals surface area contributed by atoms with Crippen molar-refractivity contribution >= 4 is 11.8 Å². The Labute approximate surface area is 109 Å². The Morgan fingerprint density at radius 3 is 2.82 bits per heavy atom. The van der Waals surface area contributed by atoms with Gasteiger partial charge in [0, 0.05) is 11.8 Å². The molecule has 0 bridgehead atoms. The number of nitrogens with one attached hydrogen (secondary N) is 1. The van der Waals surface area contributed by atoms with E-state index >= 15 is 0 Å². The third-order valence-corrected chi connectivity index (χ3v) is 4.81. The zero-order chi connectivity index (χ0) is 11.9. The SMILES string of the molecule is CCNC1CSCC1CCCc1ccccc1. The second kappa shape index (κ2) is 7.07. The van der Waals surface area contributed by atoms with E-state index in [0.29, 0.717) is 0 Å². The predicted octanol–water partition coefficient (Wildman–Crippen LogP) is 3.35. The second-order valence-corrected chi connectivity index (χ2v) is 5.91. The van der Waals surface area contributed by atoms with Gasteiger partial charge in [-0.2, -0.15) is 11.8 Å². The molecule has 17 heavy (non-hydrogen) atoms. The average Bonchev–Trinajstić information content (AvgIpc) is 2.79. The Morgan fingerprint density at radius 1 is 1.24 bits per heavy atom. The van der Waals surface area contributed by atoms with E-state index in [2.05, 4.69) is 54.3 Å². The molecule has 0 aromatic heterocycles. The average molecular weight is 249 g/mol. The molecule has 2 atom stereocenters. The first-order valence-corrected chi connectivity index (χ1v) is 7.90. The summed E-state index contributed by atoms with van der Waals surface area (Å²) >= 11 is 2.11. The van der Waals surface area contributed by atoms with Gasteiger partial charge in [-0.3, -0.25) is 0 Å². The first-order valence-electron chi connectivity index (χ1n) is 6.75. The number of thioether (sulfide) groups is 1. The van der Waals surface area contributed by atoms with Gasteiger partial charge in [-0.1, -0.05) is 37.3 Å². The van der Waals surface area contributed by atoms with Crippen molar-refractivity contribution in [1.29, 1.82) is 0 Å². The molecule has 94 valence electrons. The van der Waals surface area contributed by atoms with Crippen LogP contribution in [0, 0.1) is 5.92 Å². The first kappa shape index (κ1) is 13.0. The Bertz CT molecular complexity index is 312. The lowest BCUT2D eigenvalue weighted by Crippen LogP contribution is -2.35. The van der Waals surface area contributed by atoms with Gasteiger partial charge in [0.2, 0.25) is 0 Å². The normalized spacial score (nSPS) is 24.1. The van der Waals surface area contributed by atoms with E-state index < -0.39 is 0 Å². The third kappa shape index (κ3) is 4.04. The molecule has 0 aliphatic carbocycles. The standard InChI is InChI=1S/C15H23NS/c1-2-16-15-12-17-11-14(15)10-6-9-13-7-4-3-5-8-13/h3-5,7-8,14-16H,2,6,9-12H2,1H3. The topological polar surface area (TPSA) is 12.0 Å². The van der Waals surface area contributed by atoms with E-state index in [9.17, 15) is 0 Å². The highest BCUT2D eigenvalue weighted by Gasteiger charge is 2.26. The minimum absolute atomic E-state index is 0.765. The molecule has 1 aromatic carbocycles. The lowest BCUT2D eigenvalue weighted by molar-refractivity contribution is 0.403.